The number of para-hydroxylation sites is 1. The van der Waals surface area contributed by atoms with Crippen LogP contribution in [0.4, 0.5) is 5.95 Å². The predicted molar refractivity (Wildman–Crippen MR) is 128 cm³/mol. The molecule has 0 aliphatic heterocycles. The van der Waals surface area contributed by atoms with E-state index in [2.05, 4.69) is 45.6 Å². The highest BCUT2D eigenvalue weighted by Crippen LogP contribution is 2.37. The van der Waals surface area contributed by atoms with Crippen LogP contribution in [0.2, 0.25) is 0 Å². The van der Waals surface area contributed by atoms with E-state index in [9.17, 15) is 0 Å². The quantitative estimate of drug-likeness (QED) is 0.399. The van der Waals surface area contributed by atoms with Gasteiger partial charge in [-0.1, -0.05) is 36.4 Å². The number of fused-ring (bicyclic) bond motifs is 2. The Labute approximate surface area is 185 Å². The number of anilines is 1. The van der Waals surface area contributed by atoms with Gasteiger partial charge in [-0.15, -0.1) is 0 Å². The largest absolute Gasteiger partial charge is 0.493 e. The molecule has 2 aromatic heterocycles. The van der Waals surface area contributed by atoms with Crippen LogP contribution in [0.15, 0.2) is 72.9 Å². The predicted octanol–water partition coefficient (Wildman–Crippen LogP) is 5.57. The maximum absolute atomic E-state index is 5.52. The fraction of sp³-hybridized carbons (Fsp3) is 0.115. The van der Waals surface area contributed by atoms with Gasteiger partial charge in [-0.3, -0.25) is 4.98 Å². The summed E-state index contributed by atoms with van der Waals surface area (Å²) < 4.78 is 11.0. The van der Waals surface area contributed by atoms with Crippen molar-refractivity contribution in [2.45, 2.75) is 0 Å². The third kappa shape index (κ3) is 3.46. The van der Waals surface area contributed by atoms with Gasteiger partial charge in [0.05, 0.1) is 30.9 Å². The van der Waals surface area contributed by atoms with Gasteiger partial charge in [0.1, 0.15) is 0 Å². The first kappa shape index (κ1) is 19.8. The van der Waals surface area contributed by atoms with Crippen molar-refractivity contribution in [3.63, 3.8) is 0 Å². The van der Waals surface area contributed by atoms with Crippen molar-refractivity contribution in [1.29, 1.82) is 0 Å². The molecule has 0 saturated carbocycles. The first-order valence-electron chi connectivity index (χ1n) is 10.3. The van der Waals surface area contributed by atoms with E-state index in [1.165, 1.54) is 0 Å². The van der Waals surface area contributed by atoms with E-state index in [1.807, 2.05) is 49.6 Å². The monoisotopic (exact) mass is 422 g/mol. The summed E-state index contributed by atoms with van der Waals surface area (Å²) in [4.78, 5) is 14.0. The van der Waals surface area contributed by atoms with Crippen molar-refractivity contribution in [2.24, 2.45) is 0 Å². The van der Waals surface area contributed by atoms with Crippen molar-refractivity contribution in [3.05, 3.63) is 72.9 Å². The average Bonchev–Trinajstić information content (AvgIpc) is 2.86. The molecule has 0 aliphatic rings. The molecule has 6 heteroatoms. The summed E-state index contributed by atoms with van der Waals surface area (Å²) in [5.41, 5.74) is 5.67. The van der Waals surface area contributed by atoms with Gasteiger partial charge >= 0.3 is 0 Å². The number of benzene rings is 3. The van der Waals surface area contributed by atoms with Crippen molar-refractivity contribution in [1.82, 2.24) is 15.0 Å². The van der Waals surface area contributed by atoms with Crippen LogP contribution in [0.3, 0.4) is 0 Å². The summed E-state index contributed by atoms with van der Waals surface area (Å²) in [5.74, 6) is 1.80. The number of hydrogen-bond donors (Lipinski definition) is 1. The Morgan fingerprint density at radius 3 is 2.31 bits per heavy atom. The van der Waals surface area contributed by atoms with E-state index in [-0.39, 0.29) is 0 Å². The topological polar surface area (TPSA) is 69.2 Å². The first-order chi connectivity index (χ1) is 15.7. The van der Waals surface area contributed by atoms with Crippen LogP contribution in [0, 0.1) is 0 Å². The summed E-state index contributed by atoms with van der Waals surface area (Å²) in [6.07, 6.45) is 1.91. The summed E-state index contributed by atoms with van der Waals surface area (Å²) in [6, 6.07) is 22.4. The Morgan fingerprint density at radius 1 is 0.719 bits per heavy atom. The molecule has 6 nitrogen and oxygen atoms in total. The number of methoxy groups -OCH3 is 2. The zero-order valence-corrected chi connectivity index (χ0v) is 18.1. The molecular formula is C26H22N4O2. The van der Waals surface area contributed by atoms with E-state index in [0.29, 0.717) is 17.4 Å². The van der Waals surface area contributed by atoms with Gasteiger partial charge in [0.25, 0.3) is 0 Å². The smallest absolute Gasteiger partial charge is 0.223 e. The summed E-state index contributed by atoms with van der Waals surface area (Å²) in [7, 11) is 5.05. The van der Waals surface area contributed by atoms with E-state index in [1.54, 1.807) is 14.2 Å². The van der Waals surface area contributed by atoms with Gasteiger partial charge in [-0.2, -0.15) is 0 Å². The number of nitrogens with zero attached hydrogens (tertiary/aromatic N) is 3. The van der Waals surface area contributed by atoms with Gasteiger partial charge in [-0.25, -0.2) is 9.97 Å². The van der Waals surface area contributed by atoms with Gasteiger partial charge in [0.2, 0.25) is 5.95 Å². The fourth-order valence-corrected chi connectivity index (χ4v) is 3.86. The molecule has 0 bridgehead atoms. The maximum atomic E-state index is 5.52. The van der Waals surface area contributed by atoms with E-state index in [4.69, 9.17) is 14.5 Å². The molecule has 0 saturated heterocycles. The zero-order valence-electron chi connectivity index (χ0n) is 18.1. The summed E-state index contributed by atoms with van der Waals surface area (Å²) in [5, 5.41) is 5.05. The van der Waals surface area contributed by atoms with E-state index in [0.717, 1.165) is 44.2 Å². The Balaban J connectivity index is 1.69. The van der Waals surface area contributed by atoms with Crippen LogP contribution < -0.4 is 14.8 Å². The number of nitrogens with one attached hydrogen (secondary N) is 1. The van der Waals surface area contributed by atoms with Crippen LogP contribution in [0.1, 0.15) is 0 Å². The third-order valence-corrected chi connectivity index (χ3v) is 5.48. The second kappa shape index (κ2) is 8.15. The third-order valence-electron chi connectivity index (χ3n) is 5.48. The van der Waals surface area contributed by atoms with Crippen LogP contribution >= 0.6 is 0 Å². The minimum Gasteiger partial charge on any atom is -0.493 e. The summed E-state index contributed by atoms with van der Waals surface area (Å²) in [6.45, 7) is 0. The molecule has 0 aliphatic carbocycles. The molecule has 3 aromatic carbocycles. The molecule has 32 heavy (non-hydrogen) atoms. The molecule has 0 spiro atoms. The van der Waals surface area contributed by atoms with E-state index < -0.39 is 0 Å². The number of aromatic nitrogens is 3. The Hall–Kier alpha value is -4.19. The number of rotatable bonds is 5. The molecule has 5 rings (SSSR count). The van der Waals surface area contributed by atoms with Gasteiger partial charge in [0.15, 0.2) is 11.5 Å². The second-order valence-corrected chi connectivity index (χ2v) is 7.37. The maximum Gasteiger partial charge on any atom is 0.223 e. The second-order valence-electron chi connectivity index (χ2n) is 7.37. The fourth-order valence-electron chi connectivity index (χ4n) is 3.86. The molecule has 0 atom stereocenters. The zero-order chi connectivity index (χ0) is 22.1. The molecule has 0 unspecified atom stereocenters. The highest BCUT2D eigenvalue weighted by molar-refractivity contribution is 5.96. The van der Waals surface area contributed by atoms with E-state index >= 15 is 0 Å². The highest BCUT2D eigenvalue weighted by Gasteiger charge is 2.15. The highest BCUT2D eigenvalue weighted by atomic mass is 16.5. The lowest BCUT2D eigenvalue weighted by Crippen LogP contribution is -2.00. The molecule has 2 heterocycles. The Morgan fingerprint density at radius 2 is 1.50 bits per heavy atom. The molecule has 5 aromatic rings. The molecule has 0 amide bonds. The van der Waals surface area contributed by atoms with Crippen molar-refractivity contribution in [3.8, 4) is 33.9 Å². The number of pyridine rings is 1. The van der Waals surface area contributed by atoms with Crippen LogP contribution in [0.5, 0.6) is 11.5 Å². The standard InChI is InChI=1S/C26H22N4O2/c1-27-26-29-22-14-24(32-3)23(31-2)13-20(22)25(30-26)18-9-6-8-16(11-18)19-12-17-7-4-5-10-21(17)28-15-19/h4-15H,1-3H3,(H,27,29,30). The van der Waals surface area contributed by atoms with Crippen LogP contribution in [0.25, 0.3) is 44.2 Å². The minimum atomic E-state index is 0.539. The number of hydrogen-bond acceptors (Lipinski definition) is 6. The lowest BCUT2D eigenvalue weighted by atomic mass is 9.99. The average molecular weight is 422 g/mol. The lowest BCUT2D eigenvalue weighted by Gasteiger charge is -2.13. The normalized spacial score (nSPS) is 11.0. The molecule has 1 N–H and O–H groups in total. The Kier molecular flexibility index (Phi) is 5.03. The molecule has 158 valence electrons. The molecule has 0 radical (unpaired) electrons. The van der Waals surface area contributed by atoms with Gasteiger partial charge in [-0.05, 0) is 29.8 Å². The summed E-state index contributed by atoms with van der Waals surface area (Å²) >= 11 is 0. The minimum absolute atomic E-state index is 0.539. The molecular weight excluding hydrogens is 400 g/mol. The Bertz CT molecular complexity index is 1450. The SMILES string of the molecule is CNc1nc(-c2cccc(-c3cnc4ccccc4c3)c2)c2cc(OC)c(OC)cc2n1. The van der Waals surface area contributed by atoms with Crippen molar-refractivity contribution in [2.75, 3.05) is 26.6 Å². The van der Waals surface area contributed by atoms with Crippen LogP contribution in [-0.2, 0) is 0 Å². The van der Waals surface area contributed by atoms with Gasteiger partial charge < -0.3 is 14.8 Å². The lowest BCUT2D eigenvalue weighted by molar-refractivity contribution is 0.356. The molecule has 0 fully saturated rings. The van der Waals surface area contributed by atoms with Crippen molar-refractivity contribution >= 4 is 27.8 Å². The van der Waals surface area contributed by atoms with Crippen LogP contribution in [-0.4, -0.2) is 36.2 Å². The van der Waals surface area contributed by atoms with Gasteiger partial charge in [0, 0.05) is 41.2 Å². The number of ether oxygens (including phenoxy) is 2. The van der Waals surface area contributed by atoms with Crippen molar-refractivity contribution < 1.29 is 9.47 Å². The first-order valence-corrected chi connectivity index (χ1v) is 10.3.